The fourth-order valence-electron chi connectivity index (χ4n) is 2.15. The smallest absolute Gasteiger partial charge is 0.0693 e. The van der Waals surface area contributed by atoms with Gasteiger partial charge in [0, 0.05) is 19.3 Å². The number of hydrogen-bond acceptors (Lipinski definition) is 3. The monoisotopic (exact) mass is 220 g/mol. The van der Waals surface area contributed by atoms with E-state index < -0.39 is 0 Å². The highest BCUT2D eigenvalue weighted by Crippen LogP contribution is 2.19. The van der Waals surface area contributed by atoms with Crippen molar-refractivity contribution in [1.29, 1.82) is 0 Å². The SMILES string of the molecule is Cc1cccnc1CN1CCC(C)C(O)C1. The molecule has 1 aliphatic rings. The van der Waals surface area contributed by atoms with Crippen LogP contribution < -0.4 is 0 Å². The van der Waals surface area contributed by atoms with Crippen LogP contribution in [0.2, 0.25) is 0 Å². The van der Waals surface area contributed by atoms with E-state index in [2.05, 4.69) is 29.8 Å². The van der Waals surface area contributed by atoms with Crippen LogP contribution in [0, 0.1) is 12.8 Å². The Bertz CT molecular complexity index is 354. The molecule has 1 N–H and O–H groups in total. The number of nitrogens with zero attached hydrogens (tertiary/aromatic N) is 2. The minimum absolute atomic E-state index is 0.183. The fraction of sp³-hybridized carbons (Fsp3) is 0.615. The molecule has 0 saturated carbocycles. The lowest BCUT2D eigenvalue weighted by Crippen LogP contribution is -2.42. The van der Waals surface area contributed by atoms with Crippen molar-refractivity contribution in [3.05, 3.63) is 29.6 Å². The van der Waals surface area contributed by atoms with Crippen molar-refractivity contribution < 1.29 is 5.11 Å². The first-order valence-corrected chi connectivity index (χ1v) is 5.97. The van der Waals surface area contributed by atoms with E-state index in [0.717, 1.165) is 31.7 Å². The second-order valence-electron chi connectivity index (χ2n) is 4.84. The normalized spacial score (nSPS) is 26.9. The van der Waals surface area contributed by atoms with Gasteiger partial charge in [0.15, 0.2) is 0 Å². The van der Waals surface area contributed by atoms with E-state index in [1.165, 1.54) is 5.56 Å². The van der Waals surface area contributed by atoms with Gasteiger partial charge in [-0.15, -0.1) is 0 Å². The van der Waals surface area contributed by atoms with Crippen LogP contribution in [0.25, 0.3) is 0 Å². The van der Waals surface area contributed by atoms with Gasteiger partial charge in [0.1, 0.15) is 0 Å². The minimum Gasteiger partial charge on any atom is -0.392 e. The summed E-state index contributed by atoms with van der Waals surface area (Å²) < 4.78 is 0. The summed E-state index contributed by atoms with van der Waals surface area (Å²) in [5, 5.41) is 9.83. The topological polar surface area (TPSA) is 36.4 Å². The van der Waals surface area contributed by atoms with E-state index in [1.807, 2.05) is 12.3 Å². The number of likely N-dealkylation sites (tertiary alicyclic amines) is 1. The summed E-state index contributed by atoms with van der Waals surface area (Å²) in [5.41, 5.74) is 2.36. The Morgan fingerprint density at radius 1 is 1.56 bits per heavy atom. The number of aryl methyl sites for hydroxylation is 1. The molecule has 0 spiro atoms. The molecule has 0 amide bonds. The molecule has 2 heterocycles. The van der Waals surface area contributed by atoms with Crippen molar-refractivity contribution in [2.45, 2.75) is 32.9 Å². The van der Waals surface area contributed by atoms with E-state index >= 15 is 0 Å². The molecule has 3 heteroatoms. The lowest BCUT2D eigenvalue weighted by Gasteiger charge is -2.34. The van der Waals surface area contributed by atoms with Gasteiger partial charge in [0.2, 0.25) is 0 Å². The molecule has 88 valence electrons. The number of β-amino-alcohol motifs (C(OH)–C–C–N with tert-alkyl or cyclic N) is 1. The Kier molecular flexibility index (Phi) is 3.56. The summed E-state index contributed by atoms with van der Waals surface area (Å²) in [6, 6.07) is 4.05. The maximum Gasteiger partial charge on any atom is 0.0693 e. The van der Waals surface area contributed by atoms with Crippen molar-refractivity contribution in [1.82, 2.24) is 9.88 Å². The number of aromatic nitrogens is 1. The van der Waals surface area contributed by atoms with Gasteiger partial charge in [-0.1, -0.05) is 13.0 Å². The highest BCUT2D eigenvalue weighted by atomic mass is 16.3. The van der Waals surface area contributed by atoms with Crippen LogP contribution in [-0.2, 0) is 6.54 Å². The number of hydrogen-bond donors (Lipinski definition) is 1. The zero-order chi connectivity index (χ0) is 11.5. The molecule has 0 bridgehead atoms. The molecule has 2 atom stereocenters. The Morgan fingerprint density at radius 3 is 3.06 bits per heavy atom. The summed E-state index contributed by atoms with van der Waals surface area (Å²) in [6.07, 6.45) is 2.73. The number of piperidine rings is 1. The van der Waals surface area contributed by atoms with Crippen LogP contribution in [0.4, 0.5) is 0 Å². The Hall–Kier alpha value is -0.930. The summed E-state index contributed by atoms with van der Waals surface area (Å²) in [4.78, 5) is 6.68. The third-order valence-electron chi connectivity index (χ3n) is 3.49. The van der Waals surface area contributed by atoms with E-state index in [-0.39, 0.29) is 6.10 Å². The first-order valence-electron chi connectivity index (χ1n) is 5.97. The average Bonchev–Trinajstić information content (AvgIpc) is 2.27. The highest BCUT2D eigenvalue weighted by molar-refractivity contribution is 5.17. The molecule has 0 radical (unpaired) electrons. The van der Waals surface area contributed by atoms with Crippen molar-refractivity contribution >= 4 is 0 Å². The molecule has 1 saturated heterocycles. The molecule has 1 aromatic heterocycles. The van der Waals surface area contributed by atoms with Crippen LogP contribution in [-0.4, -0.2) is 34.2 Å². The van der Waals surface area contributed by atoms with E-state index in [0.29, 0.717) is 5.92 Å². The lowest BCUT2D eigenvalue weighted by molar-refractivity contribution is 0.0253. The minimum atomic E-state index is -0.183. The van der Waals surface area contributed by atoms with Crippen molar-refractivity contribution in [3.63, 3.8) is 0 Å². The van der Waals surface area contributed by atoms with Gasteiger partial charge in [-0.2, -0.15) is 0 Å². The third kappa shape index (κ3) is 2.60. The maximum atomic E-state index is 9.83. The van der Waals surface area contributed by atoms with Gasteiger partial charge in [0.25, 0.3) is 0 Å². The molecule has 3 nitrogen and oxygen atoms in total. The quantitative estimate of drug-likeness (QED) is 0.822. The summed E-state index contributed by atoms with van der Waals surface area (Å²) in [6.45, 7) is 6.90. The lowest BCUT2D eigenvalue weighted by atomic mass is 9.96. The van der Waals surface area contributed by atoms with Crippen LogP contribution in [0.3, 0.4) is 0 Å². The predicted octanol–water partition coefficient (Wildman–Crippen LogP) is 1.59. The third-order valence-corrected chi connectivity index (χ3v) is 3.49. The standard InChI is InChI=1S/C13H20N2O/c1-10-4-3-6-14-12(10)8-15-7-5-11(2)13(16)9-15/h3-4,6,11,13,16H,5,7-9H2,1-2H3. The molecule has 0 aliphatic carbocycles. The molecule has 2 unspecified atom stereocenters. The highest BCUT2D eigenvalue weighted by Gasteiger charge is 2.24. The predicted molar refractivity (Wildman–Crippen MR) is 64.0 cm³/mol. The summed E-state index contributed by atoms with van der Waals surface area (Å²) in [7, 11) is 0. The molecule has 1 aliphatic heterocycles. The number of aliphatic hydroxyl groups excluding tert-OH is 1. The zero-order valence-corrected chi connectivity index (χ0v) is 10.1. The number of rotatable bonds is 2. The van der Waals surface area contributed by atoms with Gasteiger partial charge < -0.3 is 5.11 Å². The molecule has 0 aromatic carbocycles. The Labute approximate surface area is 97.1 Å². The number of pyridine rings is 1. The second kappa shape index (κ2) is 4.93. The Balaban J connectivity index is 1.98. The largest absolute Gasteiger partial charge is 0.392 e. The van der Waals surface area contributed by atoms with Crippen molar-refractivity contribution in [2.75, 3.05) is 13.1 Å². The van der Waals surface area contributed by atoms with Gasteiger partial charge in [-0.25, -0.2) is 0 Å². The van der Waals surface area contributed by atoms with Crippen molar-refractivity contribution in [2.24, 2.45) is 5.92 Å². The summed E-state index contributed by atoms with van der Waals surface area (Å²) >= 11 is 0. The van der Waals surface area contributed by atoms with Gasteiger partial charge >= 0.3 is 0 Å². The van der Waals surface area contributed by atoms with Crippen LogP contribution in [0.15, 0.2) is 18.3 Å². The second-order valence-corrected chi connectivity index (χ2v) is 4.84. The van der Waals surface area contributed by atoms with Crippen LogP contribution in [0.5, 0.6) is 0 Å². The number of aliphatic hydroxyl groups is 1. The molecular formula is C13H20N2O. The first kappa shape index (κ1) is 11.6. The van der Waals surface area contributed by atoms with Crippen LogP contribution >= 0.6 is 0 Å². The molecular weight excluding hydrogens is 200 g/mol. The molecule has 2 rings (SSSR count). The van der Waals surface area contributed by atoms with Gasteiger partial charge in [-0.3, -0.25) is 9.88 Å². The first-order chi connectivity index (χ1) is 7.66. The Morgan fingerprint density at radius 2 is 2.38 bits per heavy atom. The van der Waals surface area contributed by atoms with E-state index in [9.17, 15) is 5.11 Å². The maximum absolute atomic E-state index is 9.83. The van der Waals surface area contributed by atoms with E-state index in [4.69, 9.17) is 0 Å². The molecule has 1 fully saturated rings. The fourth-order valence-corrected chi connectivity index (χ4v) is 2.15. The van der Waals surface area contributed by atoms with Crippen molar-refractivity contribution in [3.8, 4) is 0 Å². The summed E-state index contributed by atoms with van der Waals surface area (Å²) in [5.74, 6) is 0.432. The van der Waals surface area contributed by atoms with Gasteiger partial charge in [-0.05, 0) is 37.4 Å². The molecule has 16 heavy (non-hydrogen) atoms. The van der Waals surface area contributed by atoms with Crippen LogP contribution in [0.1, 0.15) is 24.6 Å². The van der Waals surface area contributed by atoms with Gasteiger partial charge in [0.05, 0.1) is 11.8 Å². The average molecular weight is 220 g/mol. The molecule has 1 aromatic rings. The van der Waals surface area contributed by atoms with E-state index in [1.54, 1.807) is 0 Å². The zero-order valence-electron chi connectivity index (χ0n) is 10.1.